The lowest BCUT2D eigenvalue weighted by Gasteiger charge is -2.14. The minimum absolute atomic E-state index is 0.157. The lowest BCUT2D eigenvalue weighted by molar-refractivity contribution is 0.845. The molecule has 4 rings (SSSR count). The van der Waals surface area contributed by atoms with E-state index in [1.807, 2.05) is 37.3 Å². The zero-order chi connectivity index (χ0) is 18.8. The number of pyridine rings is 2. The average Bonchev–Trinajstić information content (AvgIpc) is 2.68. The third-order valence-corrected chi connectivity index (χ3v) is 4.51. The molecular weight excluding hydrogens is 362 g/mol. The summed E-state index contributed by atoms with van der Waals surface area (Å²) in [5.74, 6) is 0.447. The number of fused-ring (bicyclic) bond motifs is 1. The van der Waals surface area contributed by atoms with E-state index in [0.717, 1.165) is 22.2 Å². The Morgan fingerprint density at radius 1 is 1.07 bits per heavy atom. The van der Waals surface area contributed by atoms with Crippen molar-refractivity contribution < 1.29 is 0 Å². The normalized spacial score (nSPS) is 12.1. The van der Waals surface area contributed by atoms with Crippen LogP contribution < -0.4 is 10.9 Å². The topological polar surface area (TPSA) is 83.6 Å². The second-order valence-electron chi connectivity index (χ2n) is 6.15. The van der Waals surface area contributed by atoms with Gasteiger partial charge in [0.2, 0.25) is 5.95 Å². The summed E-state index contributed by atoms with van der Waals surface area (Å²) in [7, 11) is 0. The van der Waals surface area contributed by atoms with Gasteiger partial charge in [-0.25, -0.2) is 9.97 Å². The summed E-state index contributed by atoms with van der Waals surface area (Å²) >= 11 is 6.06. The van der Waals surface area contributed by atoms with Crippen LogP contribution in [-0.2, 0) is 0 Å². The second kappa shape index (κ2) is 7.17. The highest BCUT2D eigenvalue weighted by molar-refractivity contribution is 6.31. The minimum atomic E-state index is -0.287. The number of anilines is 1. The molecule has 0 unspecified atom stereocenters. The van der Waals surface area contributed by atoms with Crippen LogP contribution in [0.3, 0.4) is 0 Å². The molecule has 3 heterocycles. The number of benzene rings is 1. The van der Waals surface area contributed by atoms with E-state index in [9.17, 15) is 4.79 Å². The fourth-order valence-electron chi connectivity index (χ4n) is 2.90. The SMILES string of the molecule is C[C@H](Nc1nccc(-c2ccncc2)n1)c1cc2cc(Cl)ccc2[nH]c1=O. The molecule has 1 atom stereocenters. The average molecular weight is 378 g/mol. The Morgan fingerprint density at radius 2 is 1.89 bits per heavy atom. The molecule has 0 saturated heterocycles. The van der Waals surface area contributed by atoms with Gasteiger partial charge in [0.05, 0.1) is 11.7 Å². The molecule has 4 aromatic rings. The van der Waals surface area contributed by atoms with Crippen LogP contribution >= 0.6 is 11.6 Å². The van der Waals surface area contributed by atoms with Gasteiger partial charge in [0.25, 0.3) is 5.56 Å². The summed E-state index contributed by atoms with van der Waals surface area (Å²) in [6, 6.07) is 12.5. The monoisotopic (exact) mass is 377 g/mol. The first kappa shape index (κ1) is 17.2. The third-order valence-electron chi connectivity index (χ3n) is 4.28. The summed E-state index contributed by atoms with van der Waals surface area (Å²) < 4.78 is 0. The van der Waals surface area contributed by atoms with Gasteiger partial charge < -0.3 is 10.3 Å². The summed E-state index contributed by atoms with van der Waals surface area (Å²) in [4.78, 5) is 28.2. The Hall–Kier alpha value is -3.25. The van der Waals surface area contributed by atoms with Crippen LogP contribution in [0.15, 0.2) is 65.8 Å². The van der Waals surface area contributed by atoms with E-state index in [1.165, 1.54) is 0 Å². The highest BCUT2D eigenvalue weighted by Crippen LogP contribution is 2.22. The molecule has 1 aromatic carbocycles. The van der Waals surface area contributed by atoms with Crippen LogP contribution in [0.1, 0.15) is 18.5 Å². The molecule has 0 bridgehead atoms. The van der Waals surface area contributed by atoms with Crippen molar-refractivity contribution in [1.29, 1.82) is 0 Å². The van der Waals surface area contributed by atoms with Gasteiger partial charge in [-0.05, 0) is 49.4 Å². The van der Waals surface area contributed by atoms with Crippen LogP contribution in [0.4, 0.5) is 5.95 Å². The molecule has 0 radical (unpaired) electrons. The van der Waals surface area contributed by atoms with E-state index in [4.69, 9.17) is 11.6 Å². The van der Waals surface area contributed by atoms with Gasteiger partial charge in [-0.3, -0.25) is 9.78 Å². The Bertz CT molecular complexity index is 1160. The van der Waals surface area contributed by atoms with Gasteiger partial charge >= 0.3 is 0 Å². The van der Waals surface area contributed by atoms with Crippen molar-refractivity contribution >= 4 is 28.5 Å². The third kappa shape index (κ3) is 3.66. The number of halogens is 1. The molecule has 0 spiro atoms. The first-order chi connectivity index (χ1) is 13.1. The number of aromatic amines is 1. The number of nitrogens with one attached hydrogen (secondary N) is 2. The van der Waals surface area contributed by atoms with Crippen molar-refractivity contribution in [1.82, 2.24) is 19.9 Å². The van der Waals surface area contributed by atoms with Crippen molar-refractivity contribution in [2.45, 2.75) is 13.0 Å². The first-order valence-electron chi connectivity index (χ1n) is 8.42. The Labute approximate surface area is 160 Å². The number of H-pyrrole nitrogens is 1. The van der Waals surface area contributed by atoms with Crippen molar-refractivity contribution in [2.24, 2.45) is 0 Å². The molecule has 6 nitrogen and oxygen atoms in total. The Morgan fingerprint density at radius 3 is 2.70 bits per heavy atom. The molecule has 0 aliphatic carbocycles. The fourth-order valence-corrected chi connectivity index (χ4v) is 3.08. The molecule has 3 aromatic heterocycles. The van der Waals surface area contributed by atoms with Crippen LogP contribution in [-0.4, -0.2) is 19.9 Å². The summed E-state index contributed by atoms with van der Waals surface area (Å²) in [5.41, 5.74) is 2.90. The molecule has 7 heteroatoms. The molecule has 27 heavy (non-hydrogen) atoms. The zero-order valence-electron chi connectivity index (χ0n) is 14.5. The van der Waals surface area contributed by atoms with Crippen LogP contribution in [0.25, 0.3) is 22.2 Å². The maximum atomic E-state index is 12.5. The Kier molecular flexibility index (Phi) is 4.56. The zero-order valence-corrected chi connectivity index (χ0v) is 15.2. The maximum Gasteiger partial charge on any atom is 0.253 e. The molecule has 0 saturated carbocycles. The van der Waals surface area contributed by atoms with Crippen molar-refractivity contribution in [2.75, 3.05) is 5.32 Å². The van der Waals surface area contributed by atoms with Crippen molar-refractivity contribution in [3.05, 3.63) is 82.0 Å². The quantitative estimate of drug-likeness (QED) is 0.556. The molecule has 134 valence electrons. The molecular formula is C20H16ClN5O. The lowest BCUT2D eigenvalue weighted by atomic mass is 10.1. The van der Waals surface area contributed by atoms with Crippen LogP contribution in [0.5, 0.6) is 0 Å². The molecule has 0 aliphatic rings. The molecule has 0 fully saturated rings. The van der Waals surface area contributed by atoms with Crippen molar-refractivity contribution in [3.8, 4) is 11.3 Å². The summed E-state index contributed by atoms with van der Waals surface area (Å²) in [6.07, 6.45) is 5.11. The number of aromatic nitrogens is 4. The predicted octanol–water partition coefficient (Wildman–Crippen LogP) is 4.21. The lowest BCUT2D eigenvalue weighted by Crippen LogP contribution is -2.20. The van der Waals surface area contributed by atoms with Crippen LogP contribution in [0.2, 0.25) is 5.02 Å². The fraction of sp³-hybridized carbons (Fsp3) is 0.100. The van der Waals surface area contributed by atoms with E-state index < -0.39 is 0 Å². The number of rotatable bonds is 4. The van der Waals surface area contributed by atoms with Gasteiger partial charge in [0, 0.05) is 45.6 Å². The van der Waals surface area contributed by atoms with Gasteiger partial charge in [0.1, 0.15) is 0 Å². The summed E-state index contributed by atoms with van der Waals surface area (Å²) in [5, 5.41) is 4.69. The predicted molar refractivity (Wildman–Crippen MR) is 107 cm³/mol. The second-order valence-corrected chi connectivity index (χ2v) is 6.59. The van der Waals surface area contributed by atoms with Crippen LogP contribution in [0, 0.1) is 0 Å². The highest BCUT2D eigenvalue weighted by Gasteiger charge is 2.13. The van der Waals surface area contributed by atoms with E-state index in [2.05, 4.69) is 25.3 Å². The van der Waals surface area contributed by atoms with E-state index >= 15 is 0 Å². The number of hydrogen-bond acceptors (Lipinski definition) is 5. The maximum absolute atomic E-state index is 12.5. The van der Waals surface area contributed by atoms with E-state index in [1.54, 1.807) is 30.7 Å². The smallest absolute Gasteiger partial charge is 0.253 e. The van der Waals surface area contributed by atoms with E-state index in [0.29, 0.717) is 16.5 Å². The standard InChI is InChI=1S/C20H16ClN5O/c1-12(16-11-14-10-15(21)2-3-17(14)25-19(16)27)24-20-23-9-6-18(26-20)13-4-7-22-8-5-13/h2-12H,1H3,(H,25,27)(H,23,24,26)/t12-/m0/s1. The Balaban J connectivity index is 1.64. The van der Waals surface area contributed by atoms with Gasteiger partial charge in [-0.1, -0.05) is 11.6 Å². The highest BCUT2D eigenvalue weighted by atomic mass is 35.5. The molecule has 0 aliphatic heterocycles. The van der Waals surface area contributed by atoms with Crippen molar-refractivity contribution in [3.63, 3.8) is 0 Å². The first-order valence-corrected chi connectivity index (χ1v) is 8.80. The number of nitrogens with zero attached hydrogens (tertiary/aromatic N) is 3. The molecule has 2 N–H and O–H groups in total. The van der Waals surface area contributed by atoms with Gasteiger partial charge in [0.15, 0.2) is 0 Å². The molecule has 0 amide bonds. The number of hydrogen-bond donors (Lipinski definition) is 2. The van der Waals surface area contributed by atoms with E-state index in [-0.39, 0.29) is 11.6 Å². The van der Waals surface area contributed by atoms with Gasteiger partial charge in [-0.2, -0.15) is 0 Å². The summed E-state index contributed by atoms with van der Waals surface area (Å²) in [6.45, 7) is 1.89. The van der Waals surface area contributed by atoms with Gasteiger partial charge in [-0.15, -0.1) is 0 Å². The minimum Gasteiger partial charge on any atom is -0.347 e. The largest absolute Gasteiger partial charge is 0.347 e.